The largest absolute Gasteiger partial charge is 0.455 e. The molecule has 0 aliphatic heterocycles. The SMILES string of the molecule is CC(=O)NC(CC(=O)OCC(=O)NC(=O)NCC(F)(F)F)c1ccc(Cl)cc1. The van der Waals surface area contributed by atoms with Crippen LogP contribution in [0.1, 0.15) is 24.9 Å². The summed E-state index contributed by atoms with van der Waals surface area (Å²) in [7, 11) is 0. The lowest BCUT2D eigenvalue weighted by atomic mass is 10.0. The third-order valence-electron chi connectivity index (χ3n) is 3.09. The van der Waals surface area contributed by atoms with Gasteiger partial charge in [0.25, 0.3) is 5.91 Å². The molecule has 1 unspecified atom stereocenters. The molecule has 8 nitrogen and oxygen atoms in total. The number of carbonyl (C=O) groups is 4. The lowest BCUT2D eigenvalue weighted by molar-refractivity contribution is -0.149. The van der Waals surface area contributed by atoms with E-state index in [0.29, 0.717) is 10.6 Å². The van der Waals surface area contributed by atoms with Crippen molar-refractivity contribution in [2.24, 2.45) is 0 Å². The Morgan fingerprint density at radius 1 is 1.14 bits per heavy atom. The number of alkyl halides is 3. The van der Waals surface area contributed by atoms with Crippen molar-refractivity contribution in [2.45, 2.75) is 25.6 Å². The van der Waals surface area contributed by atoms with Crippen LogP contribution in [0.3, 0.4) is 0 Å². The number of hydrogen-bond donors (Lipinski definition) is 3. The molecule has 1 rings (SSSR count). The highest BCUT2D eigenvalue weighted by Gasteiger charge is 2.28. The maximum atomic E-state index is 11.9. The summed E-state index contributed by atoms with van der Waals surface area (Å²) in [6.45, 7) is -1.25. The van der Waals surface area contributed by atoms with Crippen LogP contribution < -0.4 is 16.0 Å². The summed E-state index contributed by atoms with van der Waals surface area (Å²) in [5, 5.41) is 6.00. The van der Waals surface area contributed by atoms with Crippen molar-refractivity contribution < 1.29 is 37.1 Å². The predicted octanol–water partition coefficient (Wildman–Crippen LogP) is 1.84. The second-order valence-corrected chi connectivity index (χ2v) is 5.95. The average Bonchev–Trinajstić information content (AvgIpc) is 2.57. The zero-order valence-corrected chi connectivity index (χ0v) is 15.3. The van der Waals surface area contributed by atoms with E-state index in [0.717, 1.165) is 0 Å². The summed E-state index contributed by atoms with van der Waals surface area (Å²) in [4.78, 5) is 45.8. The van der Waals surface area contributed by atoms with E-state index in [1.807, 2.05) is 0 Å². The number of carbonyl (C=O) groups excluding carboxylic acids is 4. The van der Waals surface area contributed by atoms with Gasteiger partial charge in [-0.2, -0.15) is 13.2 Å². The number of rotatable bonds is 7. The molecule has 0 heterocycles. The normalized spacial score (nSPS) is 11.9. The van der Waals surface area contributed by atoms with Crippen LogP contribution in [0.2, 0.25) is 5.02 Å². The Balaban J connectivity index is 2.51. The van der Waals surface area contributed by atoms with Crippen LogP contribution in [-0.2, 0) is 19.1 Å². The van der Waals surface area contributed by atoms with Gasteiger partial charge in [0.2, 0.25) is 5.91 Å². The van der Waals surface area contributed by atoms with Gasteiger partial charge in [0.1, 0.15) is 6.54 Å². The molecule has 154 valence electrons. The van der Waals surface area contributed by atoms with Crippen molar-refractivity contribution in [3.63, 3.8) is 0 Å². The van der Waals surface area contributed by atoms with E-state index < -0.39 is 49.2 Å². The molecule has 1 aromatic rings. The van der Waals surface area contributed by atoms with Gasteiger partial charge in [-0.05, 0) is 17.7 Å². The third kappa shape index (κ3) is 9.76. The number of benzene rings is 1. The standard InChI is InChI=1S/C16H17ClF3N3O5/c1-9(24)22-12(10-2-4-11(17)5-3-10)6-14(26)28-7-13(25)23-15(27)21-8-16(18,19)20/h2-5,12H,6-8H2,1H3,(H,22,24)(H2,21,23,25,27). The lowest BCUT2D eigenvalue weighted by Crippen LogP contribution is -2.44. The van der Waals surface area contributed by atoms with Crippen molar-refractivity contribution in [1.82, 2.24) is 16.0 Å². The summed E-state index contributed by atoms with van der Waals surface area (Å²) >= 11 is 5.78. The Morgan fingerprint density at radius 2 is 1.75 bits per heavy atom. The summed E-state index contributed by atoms with van der Waals surface area (Å²) in [6.07, 6.45) is -4.96. The molecule has 12 heteroatoms. The van der Waals surface area contributed by atoms with Gasteiger partial charge in [0.05, 0.1) is 12.5 Å². The maximum absolute atomic E-state index is 11.9. The van der Waals surface area contributed by atoms with Crippen molar-refractivity contribution in [2.75, 3.05) is 13.2 Å². The van der Waals surface area contributed by atoms with E-state index in [2.05, 4.69) is 10.1 Å². The third-order valence-corrected chi connectivity index (χ3v) is 3.34. The molecule has 0 aromatic heterocycles. The second kappa shape index (κ2) is 10.5. The summed E-state index contributed by atoms with van der Waals surface area (Å²) in [6, 6.07) is 4.17. The summed E-state index contributed by atoms with van der Waals surface area (Å²) < 4.78 is 40.5. The Kier molecular flexibility index (Phi) is 8.71. The molecule has 28 heavy (non-hydrogen) atoms. The van der Waals surface area contributed by atoms with Crippen LogP contribution in [-0.4, -0.2) is 43.1 Å². The first kappa shape index (κ1) is 23.2. The fourth-order valence-electron chi connectivity index (χ4n) is 1.95. The molecule has 3 N–H and O–H groups in total. The monoisotopic (exact) mass is 423 g/mol. The molecule has 0 bridgehead atoms. The van der Waals surface area contributed by atoms with Gasteiger partial charge < -0.3 is 15.4 Å². The Hall–Kier alpha value is -2.82. The minimum absolute atomic E-state index is 0.325. The van der Waals surface area contributed by atoms with Crippen molar-refractivity contribution >= 4 is 35.4 Å². The van der Waals surface area contributed by atoms with Crippen LogP contribution in [0.5, 0.6) is 0 Å². The number of nitrogens with one attached hydrogen (secondary N) is 3. The van der Waals surface area contributed by atoms with Crippen LogP contribution in [0.15, 0.2) is 24.3 Å². The van der Waals surface area contributed by atoms with Crippen LogP contribution in [0.4, 0.5) is 18.0 Å². The lowest BCUT2D eigenvalue weighted by Gasteiger charge is -2.17. The van der Waals surface area contributed by atoms with Gasteiger partial charge in [-0.25, -0.2) is 4.79 Å². The highest BCUT2D eigenvalue weighted by atomic mass is 35.5. The van der Waals surface area contributed by atoms with Gasteiger partial charge in [-0.3, -0.25) is 19.7 Å². The zero-order valence-electron chi connectivity index (χ0n) is 14.6. The van der Waals surface area contributed by atoms with Gasteiger partial charge in [-0.1, -0.05) is 23.7 Å². The van der Waals surface area contributed by atoms with E-state index in [9.17, 15) is 32.3 Å². The van der Waals surface area contributed by atoms with Crippen molar-refractivity contribution in [3.8, 4) is 0 Å². The summed E-state index contributed by atoms with van der Waals surface area (Å²) in [5.41, 5.74) is 0.563. The van der Waals surface area contributed by atoms with Crippen LogP contribution in [0, 0.1) is 0 Å². The molecule has 0 saturated carbocycles. The first-order valence-corrected chi connectivity index (χ1v) is 8.16. The smallest absolute Gasteiger partial charge is 0.405 e. The molecular formula is C16H17ClF3N3O5. The van der Waals surface area contributed by atoms with E-state index in [4.69, 9.17) is 11.6 Å². The topological polar surface area (TPSA) is 114 Å². The maximum Gasteiger partial charge on any atom is 0.405 e. The quantitative estimate of drug-likeness (QED) is 0.579. The fourth-order valence-corrected chi connectivity index (χ4v) is 2.08. The number of esters is 1. The predicted molar refractivity (Wildman–Crippen MR) is 91.2 cm³/mol. The minimum Gasteiger partial charge on any atom is -0.455 e. The Bertz CT molecular complexity index is 725. The molecule has 0 saturated heterocycles. The minimum atomic E-state index is -4.63. The number of amides is 4. The van der Waals surface area contributed by atoms with Gasteiger partial charge in [0, 0.05) is 11.9 Å². The van der Waals surface area contributed by atoms with Gasteiger partial charge in [-0.15, -0.1) is 0 Å². The number of ether oxygens (including phenoxy) is 1. The van der Waals surface area contributed by atoms with E-state index >= 15 is 0 Å². The van der Waals surface area contributed by atoms with Crippen molar-refractivity contribution in [3.05, 3.63) is 34.9 Å². The molecule has 1 atom stereocenters. The van der Waals surface area contributed by atoms with Crippen LogP contribution in [0.25, 0.3) is 0 Å². The van der Waals surface area contributed by atoms with Gasteiger partial charge >= 0.3 is 18.2 Å². The first-order chi connectivity index (χ1) is 13.0. The fraction of sp³-hybridized carbons (Fsp3) is 0.375. The number of imide groups is 1. The average molecular weight is 424 g/mol. The first-order valence-electron chi connectivity index (χ1n) is 7.79. The number of urea groups is 1. The van der Waals surface area contributed by atoms with E-state index in [1.165, 1.54) is 12.2 Å². The van der Waals surface area contributed by atoms with Crippen LogP contribution >= 0.6 is 11.6 Å². The molecular weight excluding hydrogens is 407 g/mol. The number of halogens is 4. The highest BCUT2D eigenvalue weighted by Crippen LogP contribution is 2.20. The molecule has 4 amide bonds. The molecule has 0 fully saturated rings. The van der Waals surface area contributed by atoms with Gasteiger partial charge in [0.15, 0.2) is 6.61 Å². The molecule has 0 spiro atoms. The molecule has 0 aliphatic rings. The second-order valence-electron chi connectivity index (χ2n) is 5.52. The molecule has 0 aliphatic carbocycles. The van der Waals surface area contributed by atoms with E-state index in [-0.39, 0.29) is 6.42 Å². The van der Waals surface area contributed by atoms with Crippen molar-refractivity contribution in [1.29, 1.82) is 0 Å². The van der Waals surface area contributed by atoms with E-state index in [1.54, 1.807) is 29.6 Å². The number of hydrogen-bond acceptors (Lipinski definition) is 5. The highest BCUT2D eigenvalue weighted by molar-refractivity contribution is 6.30. The summed E-state index contributed by atoms with van der Waals surface area (Å²) in [5.74, 6) is -2.40. The molecule has 0 radical (unpaired) electrons. The molecule has 1 aromatic carbocycles. The zero-order chi connectivity index (χ0) is 21.3. The Morgan fingerprint density at radius 3 is 2.29 bits per heavy atom. The Labute approximate surface area is 162 Å².